The summed E-state index contributed by atoms with van der Waals surface area (Å²) in [4.78, 5) is 19.2. The van der Waals surface area contributed by atoms with Crippen molar-refractivity contribution >= 4 is 5.91 Å². The number of carbonyl (C=O) groups excluding carboxylic acids is 1. The van der Waals surface area contributed by atoms with Crippen LogP contribution < -0.4 is 0 Å². The van der Waals surface area contributed by atoms with Gasteiger partial charge in [0.2, 0.25) is 5.91 Å². The third-order valence-electron chi connectivity index (χ3n) is 4.25. The summed E-state index contributed by atoms with van der Waals surface area (Å²) in [5.74, 6) is 0.646. The first kappa shape index (κ1) is 14.5. The van der Waals surface area contributed by atoms with Gasteiger partial charge in [0, 0.05) is 38.6 Å². The molecule has 19 heavy (non-hydrogen) atoms. The van der Waals surface area contributed by atoms with Crippen LogP contribution >= 0.6 is 0 Å². The van der Waals surface area contributed by atoms with Crippen molar-refractivity contribution in [2.24, 2.45) is 5.92 Å². The summed E-state index contributed by atoms with van der Waals surface area (Å²) in [6.45, 7) is 12.9. The molecule has 2 fully saturated rings. The number of rotatable bonds is 3. The lowest BCUT2D eigenvalue weighted by Crippen LogP contribution is -2.50. The van der Waals surface area contributed by atoms with Crippen molar-refractivity contribution in [2.75, 3.05) is 52.9 Å². The Morgan fingerprint density at radius 2 is 1.68 bits per heavy atom. The molecule has 0 aromatic rings. The average molecular weight is 265 g/mol. The number of piperidine rings is 1. The molecule has 0 spiro atoms. The lowest BCUT2D eigenvalue weighted by molar-refractivity contribution is -0.138. The quantitative estimate of drug-likeness (QED) is 0.714. The van der Waals surface area contributed by atoms with Crippen LogP contribution in [-0.2, 0) is 4.79 Å². The van der Waals surface area contributed by atoms with Gasteiger partial charge in [-0.15, -0.1) is 0 Å². The Morgan fingerprint density at radius 1 is 1.11 bits per heavy atom. The zero-order chi connectivity index (χ0) is 13.8. The molecule has 0 radical (unpaired) electrons. The van der Waals surface area contributed by atoms with Crippen molar-refractivity contribution in [1.29, 1.82) is 0 Å². The largest absolute Gasteiger partial charge is 0.340 e. The van der Waals surface area contributed by atoms with E-state index in [2.05, 4.69) is 35.3 Å². The van der Waals surface area contributed by atoms with Crippen molar-refractivity contribution in [1.82, 2.24) is 14.7 Å². The van der Waals surface area contributed by atoms with Crippen LogP contribution in [0.4, 0.5) is 0 Å². The standard InChI is InChI=1S/C15H27N3O/c1-13(2)12-17-6-4-14(5-7-17)15(19)18-10-8-16(3)9-11-18/h14H,1,4-12H2,2-3H3. The lowest BCUT2D eigenvalue weighted by atomic mass is 9.94. The number of piperazine rings is 1. The maximum absolute atomic E-state index is 12.5. The van der Waals surface area contributed by atoms with E-state index in [1.807, 2.05) is 0 Å². The van der Waals surface area contributed by atoms with Crippen molar-refractivity contribution in [3.63, 3.8) is 0 Å². The van der Waals surface area contributed by atoms with Crippen molar-refractivity contribution in [3.05, 3.63) is 12.2 Å². The van der Waals surface area contributed by atoms with E-state index in [-0.39, 0.29) is 5.92 Å². The normalized spacial score (nSPS) is 23.6. The van der Waals surface area contributed by atoms with E-state index in [4.69, 9.17) is 0 Å². The average Bonchev–Trinajstić information content (AvgIpc) is 2.39. The van der Waals surface area contributed by atoms with E-state index in [9.17, 15) is 4.79 Å². The SMILES string of the molecule is C=C(C)CN1CCC(C(=O)N2CCN(C)CC2)CC1. The molecule has 0 bridgehead atoms. The van der Waals surface area contributed by atoms with Crippen LogP contribution in [0.1, 0.15) is 19.8 Å². The Kier molecular flexibility index (Phi) is 4.99. The Hall–Kier alpha value is -0.870. The van der Waals surface area contributed by atoms with E-state index in [1.54, 1.807) is 0 Å². The molecule has 0 saturated carbocycles. The molecule has 0 atom stereocenters. The fraction of sp³-hybridized carbons (Fsp3) is 0.800. The van der Waals surface area contributed by atoms with E-state index in [0.717, 1.165) is 58.7 Å². The predicted molar refractivity (Wildman–Crippen MR) is 78.1 cm³/mol. The maximum Gasteiger partial charge on any atom is 0.225 e. The van der Waals surface area contributed by atoms with E-state index >= 15 is 0 Å². The van der Waals surface area contributed by atoms with Gasteiger partial charge in [0.25, 0.3) is 0 Å². The first-order valence-corrected chi connectivity index (χ1v) is 7.40. The summed E-state index contributed by atoms with van der Waals surface area (Å²) in [5.41, 5.74) is 1.21. The zero-order valence-corrected chi connectivity index (χ0v) is 12.4. The van der Waals surface area contributed by atoms with Gasteiger partial charge in [0.15, 0.2) is 0 Å². The molecule has 0 aliphatic carbocycles. The van der Waals surface area contributed by atoms with Crippen LogP contribution in [0.25, 0.3) is 0 Å². The first-order chi connectivity index (χ1) is 9.06. The van der Waals surface area contributed by atoms with Gasteiger partial charge < -0.3 is 9.80 Å². The Labute approximate surface area is 117 Å². The van der Waals surface area contributed by atoms with Gasteiger partial charge in [-0.1, -0.05) is 12.2 Å². The molecule has 2 aliphatic heterocycles. The maximum atomic E-state index is 12.5. The summed E-state index contributed by atoms with van der Waals surface area (Å²) >= 11 is 0. The number of hydrogen-bond acceptors (Lipinski definition) is 3. The van der Waals surface area contributed by atoms with E-state index in [1.165, 1.54) is 5.57 Å². The Bertz CT molecular complexity index is 326. The highest BCUT2D eigenvalue weighted by molar-refractivity contribution is 5.79. The van der Waals surface area contributed by atoms with Gasteiger partial charge in [-0.25, -0.2) is 0 Å². The highest BCUT2D eigenvalue weighted by Gasteiger charge is 2.29. The Balaban J connectivity index is 1.77. The van der Waals surface area contributed by atoms with E-state index in [0.29, 0.717) is 5.91 Å². The summed E-state index contributed by atoms with van der Waals surface area (Å²) < 4.78 is 0. The number of amides is 1. The minimum Gasteiger partial charge on any atom is -0.340 e. The molecule has 2 aliphatic rings. The van der Waals surface area contributed by atoms with Crippen LogP contribution in [0.2, 0.25) is 0 Å². The molecule has 0 unspecified atom stereocenters. The third kappa shape index (κ3) is 4.05. The summed E-state index contributed by atoms with van der Waals surface area (Å²) in [5, 5.41) is 0. The molecule has 2 saturated heterocycles. The molecule has 4 nitrogen and oxygen atoms in total. The van der Waals surface area contributed by atoms with Gasteiger partial charge in [-0.2, -0.15) is 0 Å². The zero-order valence-electron chi connectivity index (χ0n) is 12.4. The number of hydrogen-bond donors (Lipinski definition) is 0. The minimum absolute atomic E-state index is 0.254. The number of likely N-dealkylation sites (tertiary alicyclic amines) is 1. The number of likely N-dealkylation sites (N-methyl/N-ethyl adjacent to an activating group) is 1. The minimum atomic E-state index is 0.254. The van der Waals surface area contributed by atoms with Crippen molar-refractivity contribution < 1.29 is 4.79 Å². The molecule has 4 heteroatoms. The van der Waals surface area contributed by atoms with Gasteiger partial charge in [0.1, 0.15) is 0 Å². The van der Waals surface area contributed by atoms with Crippen LogP contribution in [-0.4, -0.2) is 73.5 Å². The van der Waals surface area contributed by atoms with Crippen molar-refractivity contribution in [3.8, 4) is 0 Å². The fourth-order valence-corrected chi connectivity index (χ4v) is 3.00. The molecule has 0 aromatic carbocycles. The van der Waals surface area contributed by atoms with E-state index < -0.39 is 0 Å². The predicted octanol–water partition coefficient (Wildman–Crippen LogP) is 1.05. The van der Waals surface area contributed by atoms with Crippen molar-refractivity contribution in [2.45, 2.75) is 19.8 Å². The second-order valence-corrected chi connectivity index (χ2v) is 6.14. The third-order valence-corrected chi connectivity index (χ3v) is 4.25. The van der Waals surface area contributed by atoms with Crippen LogP contribution in [0.3, 0.4) is 0 Å². The lowest BCUT2D eigenvalue weighted by Gasteiger charge is -2.37. The molecule has 2 rings (SSSR count). The highest BCUT2D eigenvalue weighted by atomic mass is 16.2. The summed E-state index contributed by atoms with van der Waals surface area (Å²) in [6.07, 6.45) is 2.02. The molecular weight excluding hydrogens is 238 g/mol. The monoisotopic (exact) mass is 265 g/mol. The van der Waals surface area contributed by atoms with Gasteiger partial charge in [0.05, 0.1) is 0 Å². The highest BCUT2D eigenvalue weighted by Crippen LogP contribution is 2.20. The molecular formula is C15H27N3O. The van der Waals surface area contributed by atoms with Crippen LogP contribution in [0, 0.1) is 5.92 Å². The molecule has 0 N–H and O–H groups in total. The molecule has 1 amide bonds. The number of carbonyl (C=O) groups is 1. The topological polar surface area (TPSA) is 26.8 Å². The molecule has 2 heterocycles. The van der Waals surface area contributed by atoms with Gasteiger partial charge in [-0.3, -0.25) is 9.69 Å². The van der Waals surface area contributed by atoms with Crippen LogP contribution in [0.15, 0.2) is 12.2 Å². The van der Waals surface area contributed by atoms with Gasteiger partial charge >= 0.3 is 0 Å². The van der Waals surface area contributed by atoms with Crippen LogP contribution in [0.5, 0.6) is 0 Å². The fourth-order valence-electron chi connectivity index (χ4n) is 3.00. The van der Waals surface area contributed by atoms with Gasteiger partial charge in [-0.05, 0) is 39.9 Å². The summed E-state index contributed by atoms with van der Waals surface area (Å²) in [7, 11) is 2.12. The number of nitrogens with zero attached hydrogens (tertiary/aromatic N) is 3. The molecule has 108 valence electrons. The second-order valence-electron chi connectivity index (χ2n) is 6.14. The summed E-state index contributed by atoms with van der Waals surface area (Å²) in [6, 6.07) is 0. The Morgan fingerprint density at radius 3 is 2.21 bits per heavy atom. The second kappa shape index (κ2) is 6.53. The first-order valence-electron chi connectivity index (χ1n) is 7.40. The smallest absolute Gasteiger partial charge is 0.225 e. The molecule has 0 aromatic heterocycles.